The monoisotopic (exact) mass is 448 g/mol. The number of amides is 2. The number of esters is 3. The standard InChI is InChI=1S/C22H28N2O8/c1-14(25)23-18-11-24(12-19(31-15(2)26)22(18)32-16(3)27)20(28)9-10-21(29)30-13-17-7-5-4-6-8-17/h4-8,18-19,22H,9-13H2,1-3H3,(H,23,25)/t18-,19-,22+/m0/s1. The highest BCUT2D eigenvalue weighted by Crippen LogP contribution is 2.20. The van der Waals surface area contributed by atoms with Crippen LogP contribution < -0.4 is 5.32 Å². The van der Waals surface area contributed by atoms with E-state index in [-0.39, 0.29) is 38.4 Å². The molecule has 1 heterocycles. The van der Waals surface area contributed by atoms with Crippen molar-refractivity contribution in [3.8, 4) is 0 Å². The van der Waals surface area contributed by atoms with Crippen LogP contribution in [0.25, 0.3) is 0 Å². The van der Waals surface area contributed by atoms with Gasteiger partial charge in [0.25, 0.3) is 0 Å². The summed E-state index contributed by atoms with van der Waals surface area (Å²) in [6, 6.07) is 8.38. The molecule has 1 aromatic carbocycles. The number of rotatable bonds is 8. The molecule has 2 rings (SSSR count). The van der Waals surface area contributed by atoms with Crippen molar-refractivity contribution in [2.75, 3.05) is 13.1 Å². The van der Waals surface area contributed by atoms with Gasteiger partial charge < -0.3 is 24.4 Å². The van der Waals surface area contributed by atoms with Crippen LogP contribution in [-0.4, -0.2) is 66.0 Å². The Balaban J connectivity index is 1.99. The Morgan fingerprint density at radius 2 is 1.59 bits per heavy atom. The summed E-state index contributed by atoms with van der Waals surface area (Å²) in [6.07, 6.45) is -2.15. The highest BCUT2D eigenvalue weighted by Gasteiger charge is 2.43. The maximum Gasteiger partial charge on any atom is 0.306 e. The maximum atomic E-state index is 12.7. The fourth-order valence-corrected chi connectivity index (χ4v) is 3.43. The van der Waals surface area contributed by atoms with Crippen LogP contribution in [0.4, 0.5) is 0 Å². The van der Waals surface area contributed by atoms with Gasteiger partial charge in [0.1, 0.15) is 6.61 Å². The second-order valence-corrected chi connectivity index (χ2v) is 7.47. The quantitative estimate of drug-likeness (QED) is 0.455. The van der Waals surface area contributed by atoms with Crippen molar-refractivity contribution in [3.63, 3.8) is 0 Å². The molecule has 0 radical (unpaired) electrons. The van der Waals surface area contributed by atoms with Gasteiger partial charge in [0.2, 0.25) is 11.8 Å². The maximum absolute atomic E-state index is 12.7. The third-order valence-electron chi connectivity index (χ3n) is 4.73. The van der Waals surface area contributed by atoms with Crippen molar-refractivity contribution in [1.29, 1.82) is 0 Å². The lowest BCUT2D eigenvalue weighted by Crippen LogP contribution is -2.64. The molecule has 10 nitrogen and oxygen atoms in total. The van der Waals surface area contributed by atoms with Crippen molar-refractivity contribution in [2.45, 2.75) is 58.5 Å². The number of likely N-dealkylation sites (tertiary alicyclic amines) is 1. The summed E-state index contributed by atoms with van der Waals surface area (Å²) in [6.45, 7) is 3.80. The van der Waals surface area contributed by atoms with Gasteiger partial charge in [-0.2, -0.15) is 0 Å². The molecule has 1 N–H and O–H groups in total. The largest absolute Gasteiger partial charge is 0.461 e. The van der Waals surface area contributed by atoms with E-state index < -0.39 is 42.1 Å². The fraction of sp³-hybridized carbons (Fsp3) is 0.500. The first-order valence-corrected chi connectivity index (χ1v) is 10.2. The smallest absolute Gasteiger partial charge is 0.306 e. The number of benzene rings is 1. The summed E-state index contributed by atoms with van der Waals surface area (Å²) in [4.78, 5) is 60.8. The molecule has 0 saturated carbocycles. The molecule has 0 aromatic heterocycles. The summed E-state index contributed by atoms with van der Waals surface area (Å²) in [5, 5.41) is 2.64. The van der Waals surface area contributed by atoms with Crippen LogP contribution >= 0.6 is 0 Å². The Hall–Kier alpha value is -3.43. The predicted octanol–water partition coefficient (Wildman–Crippen LogP) is 0.720. The average molecular weight is 448 g/mol. The number of hydrogen-bond acceptors (Lipinski definition) is 8. The van der Waals surface area contributed by atoms with Crippen molar-refractivity contribution in [3.05, 3.63) is 35.9 Å². The van der Waals surface area contributed by atoms with Gasteiger partial charge in [-0.3, -0.25) is 24.0 Å². The number of piperidine rings is 1. The summed E-state index contributed by atoms with van der Waals surface area (Å²) in [5.41, 5.74) is 0.835. The van der Waals surface area contributed by atoms with E-state index in [1.54, 1.807) is 0 Å². The van der Waals surface area contributed by atoms with Crippen molar-refractivity contribution >= 4 is 29.7 Å². The van der Waals surface area contributed by atoms with E-state index in [1.807, 2.05) is 30.3 Å². The Bertz CT molecular complexity index is 816. The molecule has 32 heavy (non-hydrogen) atoms. The number of carbonyl (C=O) groups is 5. The normalized spacial score (nSPS) is 20.1. The van der Waals surface area contributed by atoms with E-state index in [9.17, 15) is 24.0 Å². The zero-order valence-corrected chi connectivity index (χ0v) is 18.4. The van der Waals surface area contributed by atoms with Crippen molar-refractivity contribution < 1.29 is 38.2 Å². The summed E-state index contributed by atoms with van der Waals surface area (Å²) in [5.74, 6) is -2.52. The van der Waals surface area contributed by atoms with E-state index in [0.717, 1.165) is 5.56 Å². The first-order chi connectivity index (χ1) is 15.2. The minimum absolute atomic E-state index is 0.0349. The van der Waals surface area contributed by atoms with Gasteiger partial charge in [-0.05, 0) is 5.56 Å². The van der Waals surface area contributed by atoms with Crippen LogP contribution in [0.2, 0.25) is 0 Å². The van der Waals surface area contributed by atoms with Crippen LogP contribution in [0.5, 0.6) is 0 Å². The van der Waals surface area contributed by atoms with Gasteiger partial charge >= 0.3 is 17.9 Å². The van der Waals surface area contributed by atoms with Crippen LogP contribution in [-0.2, 0) is 44.8 Å². The molecule has 10 heteroatoms. The number of nitrogens with zero attached hydrogens (tertiary/aromatic N) is 1. The molecular weight excluding hydrogens is 420 g/mol. The SMILES string of the molecule is CC(=O)N[C@H]1CN(C(=O)CCC(=O)OCc2ccccc2)C[C@H](OC(C)=O)[C@@H]1OC(C)=O. The molecule has 1 aliphatic rings. The second kappa shape index (κ2) is 11.8. The van der Waals surface area contributed by atoms with Gasteiger partial charge in [-0.1, -0.05) is 30.3 Å². The summed E-state index contributed by atoms with van der Waals surface area (Å²) < 4.78 is 15.7. The summed E-state index contributed by atoms with van der Waals surface area (Å²) >= 11 is 0. The number of hydrogen-bond donors (Lipinski definition) is 1. The van der Waals surface area contributed by atoms with Crippen LogP contribution in [0, 0.1) is 0 Å². The lowest BCUT2D eigenvalue weighted by atomic mass is 9.98. The molecule has 1 saturated heterocycles. The van der Waals surface area contributed by atoms with Gasteiger partial charge in [-0.25, -0.2) is 0 Å². The van der Waals surface area contributed by atoms with E-state index in [4.69, 9.17) is 14.2 Å². The Morgan fingerprint density at radius 1 is 0.938 bits per heavy atom. The molecule has 1 aromatic rings. The Labute approximate surface area is 186 Å². The molecule has 0 aliphatic carbocycles. The highest BCUT2D eigenvalue weighted by molar-refractivity contribution is 5.82. The lowest BCUT2D eigenvalue weighted by Gasteiger charge is -2.42. The van der Waals surface area contributed by atoms with Gasteiger partial charge in [0.15, 0.2) is 12.2 Å². The van der Waals surface area contributed by atoms with E-state index in [0.29, 0.717) is 0 Å². The first kappa shape index (κ1) is 24.8. The fourth-order valence-electron chi connectivity index (χ4n) is 3.43. The van der Waals surface area contributed by atoms with Crippen molar-refractivity contribution in [1.82, 2.24) is 10.2 Å². The Morgan fingerprint density at radius 3 is 2.19 bits per heavy atom. The molecule has 1 fully saturated rings. The van der Waals surface area contributed by atoms with Gasteiger partial charge in [0, 0.05) is 33.7 Å². The highest BCUT2D eigenvalue weighted by atomic mass is 16.6. The van der Waals surface area contributed by atoms with Crippen LogP contribution in [0.15, 0.2) is 30.3 Å². The third kappa shape index (κ3) is 8.01. The molecule has 3 atom stereocenters. The zero-order valence-electron chi connectivity index (χ0n) is 18.4. The first-order valence-electron chi connectivity index (χ1n) is 10.2. The molecule has 174 valence electrons. The number of carbonyl (C=O) groups excluding carboxylic acids is 5. The molecule has 0 bridgehead atoms. The van der Waals surface area contributed by atoms with Crippen LogP contribution in [0.3, 0.4) is 0 Å². The van der Waals surface area contributed by atoms with Gasteiger partial charge in [0.05, 0.1) is 19.0 Å². The third-order valence-corrected chi connectivity index (χ3v) is 4.73. The Kier molecular flexibility index (Phi) is 9.18. The molecule has 2 amide bonds. The topological polar surface area (TPSA) is 128 Å². The molecule has 1 aliphatic heterocycles. The minimum Gasteiger partial charge on any atom is -0.461 e. The van der Waals surface area contributed by atoms with E-state index in [1.165, 1.54) is 25.7 Å². The molecule has 0 unspecified atom stereocenters. The molecule has 0 spiro atoms. The van der Waals surface area contributed by atoms with Crippen LogP contribution in [0.1, 0.15) is 39.2 Å². The molecular formula is C22H28N2O8. The van der Waals surface area contributed by atoms with Crippen molar-refractivity contribution in [2.24, 2.45) is 0 Å². The van der Waals surface area contributed by atoms with Gasteiger partial charge in [-0.15, -0.1) is 0 Å². The number of nitrogens with one attached hydrogen (secondary N) is 1. The lowest BCUT2D eigenvalue weighted by molar-refractivity contribution is -0.177. The number of ether oxygens (including phenoxy) is 3. The minimum atomic E-state index is -0.962. The predicted molar refractivity (Wildman–Crippen MR) is 111 cm³/mol. The van der Waals surface area contributed by atoms with E-state index in [2.05, 4.69) is 5.32 Å². The average Bonchev–Trinajstić information content (AvgIpc) is 2.72. The second-order valence-electron chi connectivity index (χ2n) is 7.47. The van der Waals surface area contributed by atoms with E-state index >= 15 is 0 Å². The zero-order chi connectivity index (χ0) is 23.7. The summed E-state index contributed by atoms with van der Waals surface area (Å²) in [7, 11) is 0.